The Kier molecular flexibility index (Phi) is 13.0. The summed E-state index contributed by atoms with van der Waals surface area (Å²) in [4.78, 5) is 33.4. The van der Waals surface area contributed by atoms with E-state index in [1.54, 1.807) is 60.6 Å². The van der Waals surface area contributed by atoms with Crippen molar-refractivity contribution in [2.24, 2.45) is 14.1 Å². The van der Waals surface area contributed by atoms with Gasteiger partial charge in [0.15, 0.2) is 0 Å². The highest BCUT2D eigenvalue weighted by molar-refractivity contribution is 6.11. The van der Waals surface area contributed by atoms with Crippen LogP contribution in [0, 0.1) is 0 Å². The van der Waals surface area contributed by atoms with Gasteiger partial charge < -0.3 is 28.4 Å². The summed E-state index contributed by atoms with van der Waals surface area (Å²) < 4.78 is 127. The van der Waals surface area contributed by atoms with Crippen LogP contribution in [-0.2, 0) is 72.7 Å². The van der Waals surface area contributed by atoms with Crippen molar-refractivity contribution >= 4 is 23.2 Å². The quantitative estimate of drug-likeness (QED) is 0.110. The summed E-state index contributed by atoms with van der Waals surface area (Å²) in [5.74, 6) is 0.633. The molecule has 4 saturated heterocycles. The van der Waals surface area contributed by atoms with Crippen LogP contribution in [-0.4, -0.2) is 116 Å². The average molecular weight is 1060 g/mol. The molecule has 4 aromatic carbocycles. The molecular formula is C54H54F8N10O4. The minimum atomic E-state index is -4.63. The minimum Gasteiger partial charge on any atom is -0.379 e. The third-order valence-corrected chi connectivity index (χ3v) is 16.2. The minimum absolute atomic E-state index is 0.0309. The second kappa shape index (κ2) is 19.1. The van der Waals surface area contributed by atoms with Crippen molar-refractivity contribution in [3.05, 3.63) is 153 Å². The van der Waals surface area contributed by atoms with Gasteiger partial charge in [-0.15, -0.1) is 20.4 Å². The Hall–Kier alpha value is -6.62. The second-order valence-corrected chi connectivity index (χ2v) is 21.1. The molecular weight excluding hydrogens is 1000 g/mol. The number of aryl methyl sites for hydroxylation is 2. The van der Waals surface area contributed by atoms with Crippen molar-refractivity contribution in [1.82, 2.24) is 39.3 Å². The molecule has 0 aliphatic carbocycles. The van der Waals surface area contributed by atoms with Gasteiger partial charge in [0, 0.05) is 98.5 Å². The number of hydrogen-bond acceptors (Lipinski definition) is 10. The maximum Gasteiger partial charge on any atom is 0.416 e. The number of carbonyl (C=O) groups is 2. The molecule has 400 valence electrons. The lowest BCUT2D eigenvalue weighted by Crippen LogP contribution is -2.49. The number of nitrogens with zero attached hydrogens (tertiary/aromatic N) is 10. The van der Waals surface area contributed by atoms with E-state index in [0.717, 1.165) is 34.9 Å². The average Bonchev–Trinajstić information content (AvgIpc) is 4.13. The molecule has 0 N–H and O–H groups in total. The maximum absolute atomic E-state index is 14.2. The Morgan fingerprint density at radius 2 is 0.974 bits per heavy atom. The van der Waals surface area contributed by atoms with Gasteiger partial charge in [0.2, 0.25) is 0 Å². The summed E-state index contributed by atoms with van der Waals surface area (Å²) in [6, 6.07) is 19.2. The van der Waals surface area contributed by atoms with Crippen molar-refractivity contribution in [3.8, 4) is 0 Å². The van der Waals surface area contributed by atoms with Crippen molar-refractivity contribution in [2.45, 2.75) is 87.4 Å². The molecule has 22 heteroatoms. The number of carbonyl (C=O) groups excluding carboxylic acids is 2. The molecule has 6 aliphatic rings. The van der Waals surface area contributed by atoms with Crippen LogP contribution in [0.3, 0.4) is 0 Å². The second-order valence-electron chi connectivity index (χ2n) is 21.1. The fourth-order valence-electron chi connectivity index (χ4n) is 11.2. The zero-order chi connectivity index (χ0) is 53.6. The number of halogens is 8. The van der Waals surface area contributed by atoms with E-state index in [2.05, 4.69) is 20.4 Å². The standard InChI is InChI=1S/2C27H27F4N5O2/c2*1-16(35-10-19(28)11-35)17-6-21-22(23(7-17)27(29,30)31)12-36(25(21)37)20-5-3-4-18(8-20)26(13-38-14-26)9-24-33-32-15-34(24)2/h2*3-8,15-16,19H,9-14H2,1-2H3/t2*16-/m10/s1. The molecule has 14 nitrogen and oxygen atoms in total. The molecule has 6 aromatic rings. The summed E-state index contributed by atoms with van der Waals surface area (Å²) in [5.41, 5.74) is 1.31. The highest BCUT2D eigenvalue weighted by Crippen LogP contribution is 2.46. The monoisotopic (exact) mass is 1060 g/mol. The van der Waals surface area contributed by atoms with Crippen LogP contribution in [0.15, 0.2) is 85.5 Å². The van der Waals surface area contributed by atoms with Gasteiger partial charge in [-0.05, 0) is 95.8 Å². The molecule has 2 aromatic heterocycles. The van der Waals surface area contributed by atoms with Crippen molar-refractivity contribution < 1.29 is 54.2 Å². The van der Waals surface area contributed by atoms with Gasteiger partial charge in [-0.2, -0.15) is 26.3 Å². The number of fused-ring (bicyclic) bond motifs is 2. The van der Waals surface area contributed by atoms with Crippen molar-refractivity contribution in [1.29, 1.82) is 0 Å². The Labute approximate surface area is 432 Å². The Balaban J connectivity index is 0.000000162. The van der Waals surface area contributed by atoms with Gasteiger partial charge in [0.1, 0.15) is 36.6 Å². The van der Waals surface area contributed by atoms with Gasteiger partial charge in [-0.1, -0.05) is 24.3 Å². The number of aromatic nitrogens is 6. The smallest absolute Gasteiger partial charge is 0.379 e. The molecule has 4 fully saturated rings. The lowest BCUT2D eigenvalue weighted by Gasteiger charge is -2.42. The third kappa shape index (κ3) is 9.23. The van der Waals surface area contributed by atoms with Crippen LogP contribution in [0.1, 0.15) is 103 Å². The predicted molar refractivity (Wildman–Crippen MR) is 261 cm³/mol. The van der Waals surface area contributed by atoms with E-state index in [-0.39, 0.29) is 72.4 Å². The summed E-state index contributed by atoms with van der Waals surface area (Å²) in [6.45, 7) is 5.68. The molecule has 6 aliphatic heterocycles. The zero-order valence-electron chi connectivity index (χ0n) is 42.0. The number of alkyl halides is 8. The van der Waals surface area contributed by atoms with E-state index >= 15 is 0 Å². The number of hydrogen-bond donors (Lipinski definition) is 0. The van der Waals surface area contributed by atoms with Crippen LogP contribution in [0.5, 0.6) is 0 Å². The number of ether oxygens (including phenoxy) is 2. The number of likely N-dealkylation sites (tertiary alicyclic amines) is 2. The summed E-state index contributed by atoms with van der Waals surface area (Å²) in [7, 11) is 3.73. The largest absolute Gasteiger partial charge is 0.416 e. The fraction of sp³-hybridized carbons (Fsp3) is 0.444. The van der Waals surface area contributed by atoms with E-state index < -0.39 is 59.7 Å². The SMILES string of the molecule is C[C@@H](c1cc2c(c(C(F)(F)F)c1)CN(c1cccc(C3(Cc4nncn4C)COC3)c1)C2=O)N1CC(F)C1.C[C@H](c1cc2c(c(C(F)(F)F)c1)CN(c1cccc(C3(Cc4nncn4C)COC3)c1)C2=O)N1CC(F)C1. The molecule has 0 bridgehead atoms. The van der Waals surface area contributed by atoms with Gasteiger partial charge in [-0.3, -0.25) is 19.4 Å². The van der Waals surface area contributed by atoms with E-state index in [9.17, 15) is 44.7 Å². The summed E-state index contributed by atoms with van der Waals surface area (Å²) in [5, 5.41) is 16.3. The van der Waals surface area contributed by atoms with Crippen molar-refractivity contribution in [2.75, 3.05) is 62.4 Å². The highest BCUT2D eigenvalue weighted by Gasteiger charge is 2.47. The topological polar surface area (TPSA) is 127 Å². The maximum atomic E-state index is 14.2. The van der Waals surface area contributed by atoms with Crippen LogP contribution < -0.4 is 9.80 Å². The first-order valence-electron chi connectivity index (χ1n) is 25.0. The van der Waals surface area contributed by atoms with E-state index in [1.165, 1.54) is 9.80 Å². The van der Waals surface area contributed by atoms with Gasteiger partial charge >= 0.3 is 12.4 Å². The lowest BCUT2D eigenvalue weighted by molar-refractivity contribution is -0.139. The number of amides is 2. The first kappa shape index (κ1) is 51.5. The summed E-state index contributed by atoms with van der Waals surface area (Å²) >= 11 is 0. The van der Waals surface area contributed by atoms with E-state index in [0.29, 0.717) is 61.8 Å². The normalized spacial score (nSPS) is 20.3. The first-order valence-corrected chi connectivity index (χ1v) is 25.0. The molecule has 0 spiro atoms. The van der Waals surface area contributed by atoms with Gasteiger partial charge in [0.05, 0.1) is 50.6 Å². The van der Waals surface area contributed by atoms with Gasteiger partial charge in [0.25, 0.3) is 11.8 Å². The van der Waals surface area contributed by atoms with E-state index in [4.69, 9.17) is 9.47 Å². The Bertz CT molecular complexity index is 3000. The van der Waals surface area contributed by atoms with Crippen LogP contribution in [0.2, 0.25) is 0 Å². The molecule has 2 amide bonds. The highest BCUT2D eigenvalue weighted by atomic mass is 19.4. The number of rotatable bonds is 12. The van der Waals surface area contributed by atoms with Crippen molar-refractivity contribution in [3.63, 3.8) is 0 Å². The molecule has 0 radical (unpaired) electrons. The van der Waals surface area contributed by atoms with E-state index in [1.807, 2.05) is 59.6 Å². The number of benzene rings is 4. The third-order valence-electron chi connectivity index (χ3n) is 16.2. The molecule has 0 saturated carbocycles. The fourth-order valence-corrected chi connectivity index (χ4v) is 11.2. The van der Waals surface area contributed by atoms with Crippen LogP contribution in [0.25, 0.3) is 0 Å². The Morgan fingerprint density at radius 3 is 1.28 bits per heavy atom. The predicted octanol–water partition coefficient (Wildman–Crippen LogP) is 8.44. The lowest BCUT2D eigenvalue weighted by atomic mass is 9.75. The molecule has 0 unspecified atom stereocenters. The zero-order valence-corrected chi connectivity index (χ0v) is 42.0. The molecule has 76 heavy (non-hydrogen) atoms. The van der Waals surface area contributed by atoms with Crippen LogP contribution in [0.4, 0.5) is 46.5 Å². The molecule has 12 rings (SSSR count). The molecule has 8 heterocycles. The Morgan fingerprint density at radius 1 is 0.592 bits per heavy atom. The van der Waals surface area contributed by atoms with Gasteiger partial charge in [-0.25, -0.2) is 8.78 Å². The first-order chi connectivity index (χ1) is 36.1. The number of anilines is 2. The summed E-state index contributed by atoms with van der Waals surface area (Å²) in [6.07, 6.45) is -6.78. The van der Waals surface area contributed by atoms with Crippen LogP contribution >= 0.6 is 0 Å². The molecule has 2 atom stereocenters.